The summed E-state index contributed by atoms with van der Waals surface area (Å²) >= 11 is 0. The third kappa shape index (κ3) is 420. The van der Waals surface area contributed by atoms with E-state index in [1.54, 1.807) is 0 Å². The second-order valence-corrected chi connectivity index (χ2v) is 3.14. The number of hydrogen-bond donors (Lipinski definition) is 3. The maximum absolute atomic E-state index is 6.06. The molecular weight excluding hydrogens is 132 g/mol. The average molecular weight is 150 g/mol. The maximum Gasteiger partial charge on any atom is 0.183 e. The molecule has 0 atom stereocenters. The zero-order valence-corrected chi connectivity index (χ0v) is 7.05. The number of rotatable bonds is 0. The summed E-state index contributed by atoms with van der Waals surface area (Å²) in [5.41, 5.74) is 8.94. The van der Waals surface area contributed by atoms with Gasteiger partial charge < -0.3 is 21.4 Å². The van der Waals surface area contributed by atoms with Gasteiger partial charge in [0.15, 0.2) is 5.96 Å². The van der Waals surface area contributed by atoms with Crippen molar-refractivity contribution in [2.45, 2.75) is 0 Å². The van der Waals surface area contributed by atoms with Gasteiger partial charge in [0.25, 0.3) is 0 Å². The summed E-state index contributed by atoms with van der Waals surface area (Å²) in [5, 5.41) is 6.06. The molecule has 0 radical (unpaired) electrons. The van der Waals surface area contributed by atoms with Crippen molar-refractivity contribution in [3.8, 4) is 0 Å². The lowest BCUT2D eigenvalue weighted by Gasteiger charge is -2.14. The quantitative estimate of drug-likeness (QED) is 0.234. The van der Waals surface area contributed by atoms with Crippen molar-refractivity contribution in [3.63, 3.8) is 0 Å². The van der Waals surface area contributed by atoms with Crippen LogP contribution in [0.3, 0.4) is 0 Å². The van der Waals surface area contributed by atoms with E-state index in [1.807, 2.05) is 0 Å². The summed E-state index contributed by atoms with van der Waals surface area (Å²) in [6.07, 6.45) is 0. The molecule has 0 aliphatic heterocycles. The number of nitrogens with zero attached hydrogens (tertiary/aromatic N) is 1. The molecule has 0 saturated heterocycles. The van der Waals surface area contributed by atoms with Crippen LogP contribution in [0.25, 0.3) is 0 Å². The maximum atomic E-state index is 6.06. The second-order valence-electron chi connectivity index (χ2n) is 3.14. The van der Waals surface area contributed by atoms with Crippen LogP contribution in [0, 0.1) is 5.41 Å². The minimum Gasteiger partial charge on any atom is -0.870 e. The van der Waals surface area contributed by atoms with Gasteiger partial charge in [0.2, 0.25) is 0 Å². The van der Waals surface area contributed by atoms with Gasteiger partial charge in [0.05, 0.1) is 28.2 Å². The van der Waals surface area contributed by atoms with E-state index in [1.165, 1.54) is 0 Å². The summed E-state index contributed by atoms with van der Waals surface area (Å²) in [5.74, 6) is -0.333. The Morgan fingerprint density at radius 2 is 1.10 bits per heavy atom. The van der Waals surface area contributed by atoms with Crippen LogP contribution in [0.5, 0.6) is 0 Å². The van der Waals surface area contributed by atoms with Crippen LogP contribution in [0.1, 0.15) is 0 Å². The van der Waals surface area contributed by atoms with Crippen LogP contribution in [0.15, 0.2) is 0 Å². The molecule has 0 amide bonds. The predicted molar refractivity (Wildman–Crippen MR) is 42.0 cm³/mol. The number of quaternary nitrogens is 1. The second kappa shape index (κ2) is 6.31. The van der Waals surface area contributed by atoms with Crippen molar-refractivity contribution in [2.75, 3.05) is 28.2 Å². The van der Waals surface area contributed by atoms with Gasteiger partial charge in [-0.25, -0.2) is 0 Å². The molecule has 0 rings (SSSR count). The Kier molecular flexibility index (Phi) is 10.2. The first kappa shape index (κ1) is 16.1. The third-order valence-electron chi connectivity index (χ3n) is 0. The minimum atomic E-state index is -0.333. The van der Waals surface area contributed by atoms with Crippen LogP contribution in [-0.4, -0.2) is 44.1 Å². The molecule has 0 fully saturated rings. The monoisotopic (exact) mass is 150 g/mol. The number of nitrogens with one attached hydrogen (secondary N) is 1. The topological polar surface area (TPSA) is 106 Å². The predicted octanol–water partition coefficient (Wildman–Crippen LogP) is -1.02. The van der Waals surface area contributed by atoms with E-state index in [-0.39, 0.29) is 11.4 Å². The van der Waals surface area contributed by atoms with E-state index in [2.05, 4.69) is 39.7 Å². The summed E-state index contributed by atoms with van der Waals surface area (Å²) in [7, 11) is 8.50. The van der Waals surface area contributed by atoms with Crippen molar-refractivity contribution in [3.05, 3.63) is 0 Å². The summed E-state index contributed by atoms with van der Waals surface area (Å²) in [6.45, 7) is 0. The van der Waals surface area contributed by atoms with Gasteiger partial charge >= 0.3 is 0 Å². The summed E-state index contributed by atoms with van der Waals surface area (Å²) in [4.78, 5) is 0. The first-order valence-electron chi connectivity index (χ1n) is 2.62. The molecule has 0 aliphatic rings. The third-order valence-corrected chi connectivity index (χ3v) is 0. The van der Waals surface area contributed by atoms with Crippen molar-refractivity contribution in [1.29, 1.82) is 5.41 Å². The largest absolute Gasteiger partial charge is 0.870 e. The van der Waals surface area contributed by atoms with E-state index in [0.717, 1.165) is 4.48 Å². The lowest BCUT2D eigenvalue weighted by molar-refractivity contribution is -0.849. The SMILES string of the molecule is C[N+](C)(C)C.N=C(N)N.[OH-]. The Bertz CT molecular complexity index is 76.1. The average Bonchev–Trinajstić information content (AvgIpc) is 1.19. The molecule has 0 saturated carbocycles. The molecule has 64 valence electrons. The van der Waals surface area contributed by atoms with E-state index < -0.39 is 0 Å². The number of hydrogen-bond acceptors (Lipinski definition) is 2. The Hall–Kier alpha value is -0.810. The van der Waals surface area contributed by atoms with Crippen molar-refractivity contribution in [2.24, 2.45) is 11.5 Å². The highest BCUT2D eigenvalue weighted by atomic mass is 16.0. The Morgan fingerprint density at radius 1 is 1.10 bits per heavy atom. The molecule has 10 heavy (non-hydrogen) atoms. The van der Waals surface area contributed by atoms with Gasteiger partial charge in [-0.15, -0.1) is 0 Å². The van der Waals surface area contributed by atoms with Gasteiger partial charge in [-0.05, 0) is 0 Å². The van der Waals surface area contributed by atoms with E-state index in [0.29, 0.717) is 0 Å². The molecule has 6 N–H and O–H groups in total. The van der Waals surface area contributed by atoms with Crippen molar-refractivity contribution >= 4 is 5.96 Å². The number of nitrogens with two attached hydrogens (primary N) is 2. The van der Waals surface area contributed by atoms with Gasteiger partial charge in [0.1, 0.15) is 0 Å². The van der Waals surface area contributed by atoms with E-state index >= 15 is 0 Å². The lowest BCUT2D eigenvalue weighted by atomic mass is 10.8. The smallest absolute Gasteiger partial charge is 0.183 e. The Labute approximate surface area is 62.0 Å². The minimum absolute atomic E-state index is 0. The molecule has 5 nitrogen and oxygen atoms in total. The van der Waals surface area contributed by atoms with Gasteiger partial charge in [-0.2, -0.15) is 0 Å². The highest BCUT2D eigenvalue weighted by Crippen LogP contribution is 1.73. The van der Waals surface area contributed by atoms with Crippen LogP contribution in [0.2, 0.25) is 0 Å². The lowest BCUT2D eigenvalue weighted by Crippen LogP contribution is -2.27. The molecule has 0 heterocycles. The molecule has 0 unspecified atom stereocenters. The first-order valence-corrected chi connectivity index (χ1v) is 2.62. The highest BCUT2D eigenvalue weighted by molar-refractivity contribution is 5.71. The highest BCUT2D eigenvalue weighted by Gasteiger charge is 1.88. The van der Waals surface area contributed by atoms with Gasteiger partial charge in [0, 0.05) is 0 Å². The Balaban J connectivity index is -0.0000000910. The fraction of sp³-hybridized carbons (Fsp3) is 0.800. The van der Waals surface area contributed by atoms with E-state index in [9.17, 15) is 0 Å². The van der Waals surface area contributed by atoms with Crippen molar-refractivity contribution in [1.82, 2.24) is 0 Å². The molecule has 0 aliphatic carbocycles. The standard InChI is InChI=1S/C4H12N.CH5N3.H2O/c1-5(2,3)4;2-1(3)4;/h1-4H3;(H5,2,3,4);1H2/q+1;;/p-1. The van der Waals surface area contributed by atoms with Gasteiger partial charge in [-0.1, -0.05) is 0 Å². The molecule has 0 spiro atoms. The van der Waals surface area contributed by atoms with Crippen LogP contribution in [0.4, 0.5) is 0 Å². The normalized spacial score (nSPS) is 8.40. The zero-order chi connectivity index (χ0) is 8.08. The van der Waals surface area contributed by atoms with Crippen molar-refractivity contribution < 1.29 is 9.96 Å². The van der Waals surface area contributed by atoms with Crippen LogP contribution in [-0.2, 0) is 0 Å². The van der Waals surface area contributed by atoms with Crippen LogP contribution < -0.4 is 11.5 Å². The number of guanidine groups is 1. The zero-order valence-electron chi connectivity index (χ0n) is 7.05. The molecule has 0 aromatic heterocycles. The first-order chi connectivity index (χ1) is 3.73. The van der Waals surface area contributed by atoms with E-state index in [4.69, 9.17) is 5.41 Å². The molecule has 0 aromatic carbocycles. The Morgan fingerprint density at radius 3 is 1.10 bits per heavy atom. The summed E-state index contributed by atoms with van der Waals surface area (Å²) in [6, 6.07) is 0. The molecular formula is C5H18N4O. The molecule has 0 aromatic rings. The fourth-order valence-electron chi connectivity index (χ4n) is 0. The molecule has 5 heteroatoms. The fourth-order valence-corrected chi connectivity index (χ4v) is 0. The summed E-state index contributed by atoms with van der Waals surface area (Å²) < 4.78 is 1.00. The molecule has 0 bridgehead atoms. The van der Waals surface area contributed by atoms with Crippen LogP contribution >= 0.6 is 0 Å². The van der Waals surface area contributed by atoms with Gasteiger partial charge in [-0.3, -0.25) is 5.41 Å².